The zero-order valence-corrected chi connectivity index (χ0v) is 17.4. The van der Waals surface area contributed by atoms with Crippen molar-refractivity contribution in [1.29, 1.82) is 0 Å². The van der Waals surface area contributed by atoms with Crippen molar-refractivity contribution in [1.82, 2.24) is 25.4 Å². The van der Waals surface area contributed by atoms with Crippen LogP contribution >= 0.6 is 0 Å². The Morgan fingerprint density at radius 1 is 1.21 bits per heavy atom. The van der Waals surface area contributed by atoms with Crippen molar-refractivity contribution in [3.8, 4) is 5.75 Å². The number of hydrogen-bond acceptors (Lipinski definition) is 4. The molecule has 0 aliphatic carbocycles. The number of fused-ring (bicyclic) bond motifs is 1. The minimum Gasteiger partial charge on any atom is -0.493 e. The van der Waals surface area contributed by atoms with Crippen molar-refractivity contribution < 1.29 is 4.74 Å². The Hall–Kier alpha value is -2.57. The van der Waals surface area contributed by atoms with E-state index in [2.05, 4.69) is 65.2 Å². The van der Waals surface area contributed by atoms with Gasteiger partial charge in [0.2, 0.25) is 0 Å². The lowest BCUT2D eigenvalue weighted by atomic mass is 10.1. The molecule has 0 saturated carbocycles. The topological polar surface area (TPSA) is 76.4 Å². The summed E-state index contributed by atoms with van der Waals surface area (Å²) >= 11 is 0. The molecule has 7 heteroatoms. The van der Waals surface area contributed by atoms with Gasteiger partial charge in [-0.1, -0.05) is 26.0 Å². The fourth-order valence-corrected chi connectivity index (χ4v) is 3.20. The van der Waals surface area contributed by atoms with Gasteiger partial charge in [-0.15, -0.1) is 10.2 Å². The molecule has 0 bridgehead atoms. The van der Waals surface area contributed by atoms with E-state index in [0.29, 0.717) is 12.5 Å². The van der Waals surface area contributed by atoms with Gasteiger partial charge in [0, 0.05) is 19.5 Å². The molecule has 1 aromatic carbocycles. The van der Waals surface area contributed by atoms with Crippen LogP contribution < -0.4 is 15.4 Å². The molecule has 28 heavy (non-hydrogen) atoms. The third-order valence-corrected chi connectivity index (χ3v) is 4.73. The van der Waals surface area contributed by atoms with Crippen molar-refractivity contribution in [2.24, 2.45) is 10.9 Å². The first kappa shape index (κ1) is 20.2. The summed E-state index contributed by atoms with van der Waals surface area (Å²) in [5.74, 6) is 4.22. The van der Waals surface area contributed by atoms with Crippen molar-refractivity contribution >= 4 is 5.96 Å². The highest BCUT2D eigenvalue weighted by atomic mass is 16.5. The average molecular weight is 385 g/mol. The average Bonchev–Trinajstić information content (AvgIpc) is 3.29. The van der Waals surface area contributed by atoms with E-state index in [9.17, 15) is 0 Å². The van der Waals surface area contributed by atoms with Gasteiger partial charge >= 0.3 is 0 Å². The number of rotatable bonds is 8. The van der Waals surface area contributed by atoms with E-state index in [0.717, 1.165) is 55.9 Å². The Morgan fingerprint density at radius 2 is 2.00 bits per heavy atom. The van der Waals surface area contributed by atoms with Crippen LogP contribution in [-0.4, -0.2) is 33.9 Å². The highest BCUT2D eigenvalue weighted by molar-refractivity contribution is 5.80. The van der Waals surface area contributed by atoms with E-state index < -0.39 is 0 Å². The summed E-state index contributed by atoms with van der Waals surface area (Å²) in [5, 5.41) is 15.3. The van der Waals surface area contributed by atoms with Crippen molar-refractivity contribution in [3.05, 3.63) is 41.5 Å². The van der Waals surface area contributed by atoms with E-state index in [-0.39, 0.29) is 6.04 Å². The number of ether oxygens (including phenoxy) is 1. The minimum absolute atomic E-state index is 0.126. The quantitative estimate of drug-likeness (QED) is 0.540. The molecule has 0 spiro atoms. The highest BCUT2D eigenvalue weighted by Gasteiger charge is 2.17. The molecule has 1 aliphatic rings. The molecule has 152 valence electrons. The van der Waals surface area contributed by atoms with Crippen molar-refractivity contribution in [2.75, 3.05) is 13.2 Å². The van der Waals surface area contributed by atoms with Gasteiger partial charge in [0.25, 0.3) is 0 Å². The molecular formula is C21H32N6O. The fourth-order valence-electron chi connectivity index (χ4n) is 3.20. The van der Waals surface area contributed by atoms with E-state index in [4.69, 9.17) is 9.73 Å². The molecule has 0 radical (unpaired) electrons. The number of guanidine groups is 1. The molecule has 0 saturated heterocycles. The molecule has 2 aromatic rings. The molecule has 2 heterocycles. The van der Waals surface area contributed by atoms with Crippen molar-refractivity contribution in [3.63, 3.8) is 0 Å². The summed E-state index contributed by atoms with van der Waals surface area (Å²) in [6.07, 6.45) is 2.16. The zero-order valence-electron chi connectivity index (χ0n) is 17.4. The maximum absolute atomic E-state index is 5.77. The van der Waals surface area contributed by atoms with Crippen LogP contribution in [0.2, 0.25) is 0 Å². The summed E-state index contributed by atoms with van der Waals surface area (Å²) < 4.78 is 7.95. The van der Waals surface area contributed by atoms with Crippen LogP contribution in [-0.2, 0) is 19.5 Å². The number of nitrogens with one attached hydrogen (secondary N) is 2. The third kappa shape index (κ3) is 5.24. The Morgan fingerprint density at radius 3 is 2.71 bits per heavy atom. The number of aromatic nitrogens is 3. The van der Waals surface area contributed by atoms with Crippen LogP contribution in [0.4, 0.5) is 0 Å². The lowest BCUT2D eigenvalue weighted by Crippen LogP contribution is -2.38. The Bertz CT molecular complexity index is 781. The minimum atomic E-state index is 0.126. The number of aliphatic imine (C=N–C) groups is 1. The van der Waals surface area contributed by atoms with Gasteiger partial charge in [-0.3, -0.25) is 0 Å². The summed E-state index contributed by atoms with van der Waals surface area (Å²) in [4.78, 5) is 4.71. The van der Waals surface area contributed by atoms with Gasteiger partial charge in [0.1, 0.15) is 18.1 Å². The van der Waals surface area contributed by atoms with Crippen LogP contribution in [0.1, 0.15) is 57.4 Å². The van der Waals surface area contributed by atoms with Crippen molar-refractivity contribution in [2.45, 2.75) is 59.7 Å². The molecule has 1 unspecified atom stereocenters. The summed E-state index contributed by atoms with van der Waals surface area (Å²) in [7, 11) is 0. The first-order chi connectivity index (χ1) is 13.6. The maximum Gasteiger partial charge on any atom is 0.192 e. The van der Waals surface area contributed by atoms with E-state index in [1.54, 1.807) is 0 Å². The summed E-state index contributed by atoms with van der Waals surface area (Å²) in [6.45, 7) is 11.6. The SMILES string of the molecule is CCNC(=NCc1nnc2n1CCC2)NC(C)c1ccc(OCC(C)C)cc1. The molecule has 1 aromatic heterocycles. The summed E-state index contributed by atoms with van der Waals surface area (Å²) in [5.41, 5.74) is 1.19. The number of aryl methyl sites for hydroxylation is 1. The largest absolute Gasteiger partial charge is 0.493 e. The first-order valence-corrected chi connectivity index (χ1v) is 10.3. The van der Waals surface area contributed by atoms with Gasteiger partial charge in [-0.2, -0.15) is 0 Å². The van der Waals surface area contributed by atoms with E-state index >= 15 is 0 Å². The molecule has 0 fully saturated rings. The molecule has 3 rings (SSSR count). The first-order valence-electron chi connectivity index (χ1n) is 10.3. The second-order valence-corrected chi connectivity index (χ2v) is 7.62. The Kier molecular flexibility index (Phi) is 6.90. The Balaban J connectivity index is 1.61. The lowest BCUT2D eigenvalue weighted by molar-refractivity contribution is 0.271. The predicted octanol–water partition coefficient (Wildman–Crippen LogP) is 3.08. The highest BCUT2D eigenvalue weighted by Crippen LogP contribution is 2.18. The van der Waals surface area contributed by atoms with Gasteiger partial charge in [-0.25, -0.2) is 4.99 Å². The monoisotopic (exact) mass is 384 g/mol. The molecular weight excluding hydrogens is 352 g/mol. The van der Waals surface area contributed by atoms with Crippen LogP contribution in [0.25, 0.3) is 0 Å². The van der Waals surface area contributed by atoms with Gasteiger partial charge in [0.15, 0.2) is 11.8 Å². The van der Waals surface area contributed by atoms with Crippen LogP contribution in [0.15, 0.2) is 29.3 Å². The van der Waals surface area contributed by atoms with Crippen LogP contribution in [0.5, 0.6) is 5.75 Å². The standard InChI is InChI=1S/C21H32N6O/c1-5-22-21(23-13-20-26-25-19-7-6-12-27(19)20)24-16(4)17-8-10-18(11-9-17)28-14-15(2)3/h8-11,15-16H,5-7,12-14H2,1-4H3,(H2,22,23,24). The number of nitrogens with zero attached hydrogens (tertiary/aromatic N) is 4. The molecule has 1 aliphatic heterocycles. The second-order valence-electron chi connectivity index (χ2n) is 7.62. The van der Waals surface area contributed by atoms with Gasteiger partial charge in [0.05, 0.1) is 12.6 Å². The fraction of sp³-hybridized carbons (Fsp3) is 0.571. The number of hydrogen-bond donors (Lipinski definition) is 2. The number of benzene rings is 1. The Labute approximate surface area is 167 Å². The summed E-state index contributed by atoms with van der Waals surface area (Å²) in [6, 6.07) is 8.38. The van der Waals surface area contributed by atoms with E-state index in [1.807, 2.05) is 12.1 Å². The predicted molar refractivity (Wildman–Crippen MR) is 111 cm³/mol. The molecule has 2 N–H and O–H groups in total. The van der Waals surface area contributed by atoms with Crippen LogP contribution in [0.3, 0.4) is 0 Å². The molecule has 0 amide bonds. The third-order valence-electron chi connectivity index (χ3n) is 4.73. The van der Waals surface area contributed by atoms with Gasteiger partial charge < -0.3 is 19.9 Å². The second kappa shape index (κ2) is 9.57. The normalized spacial score (nSPS) is 14.8. The maximum atomic E-state index is 5.77. The van der Waals surface area contributed by atoms with Crippen LogP contribution in [0, 0.1) is 5.92 Å². The lowest BCUT2D eigenvalue weighted by Gasteiger charge is -2.18. The zero-order chi connectivity index (χ0) is 19.9. The molecule has 1 atom stereocenters. The van der Waals surface area contributed by atoms with E-state index in [1.165, 1.54) is 5.56 Å². The smallest absolute Gasteiger partial charge is 0.192 e. The molecule has 7 nitrogen and oxygen atoms in total. The van der Waals surface area contributed by atoms with Gasteiger partial charge in [-0.05, 0) is 43.9 Å².